The number of likely N-dealkylation sites (tertiary alicyclic amines) is 1. The van der Waals surface area contributed by atoms with Gasteiger partial charge >= 0.3 is 119 Å². The van der Waals surface area contributed by atoms with E-state index in [0.29, 0.717) is 10.7 Å². The molecule has 1 atom stereocenters. The van der Waals surface area contributed by atoms with E-state index in [4.69, 9.17) is 0 Å². The average molecular weight is 320 g/mol. The molecule has 1 heterocycles. The van der Waals surface area contributed by atoms with Crippen LogP contribution in [0.3, 0.4) is 0 Å². The second kappa shape index (κ2) is 4.97. The van der Waals surface area contributed by atoms with Crippen LogP contribution in [0.1, 0.15) is 25.8 Å². The van der Waals surface area contributed by atoms with Crippen LogP contribution in [0.2, 0.25) is 22.0 Å². The summed E-state index contributed by atoms with van der Waals surface area (Å²) in [4.78, 5) is 14.8. The Morgan fingerprint density at radius 2 is 1.79 bits per heavy atom. The molecule has 1 aliphatic rings. The van der Waals surface area contributed by atoms with Crippen LogP contribution in [-0.2, 0) is 11.3 Å². The molecule has 0 radical (unpaired) electrons. The molecule has 19 heavy (non-hydrogen) atoms. The van der Waals surface area contributed by atoms with E-state index < -0.39 is 13.3 Å². The van der Waals surface area contributed by atoms with Crippen LogP contribution in [0.5, 0.6) is 0 Å². The molecule has 2 nitrogen and oxygen atoms in total. The van der Waals surface area contributed by atoms with Gasteiger partial charge in [-0.3, -0.25) is 0 Å². The van der Waals surface area contributed by atoms with Gasteiger partial charge in [-0.1, -0.05) is 0 Å². The number of carbonyl (C=O) groups excluding carboxylic acids is 1. The normalized spacial score (nSPS) is 22.9. The van der Waals surface area contributed by atoms with Gasteiger partial charge in [0.15, 0.2) is 0 Å². The second-order valence-corrected chi connectivity index (χ2v) is 18.7. The van der Waals surface area contributed by atoms with E-state index in [2.05, 4.69) is 48.1 Å². The second-order valence-electron chi connectivity index (χ2n) is 7.35. The molecule has 0 aliphatic carbocycles. The van der Waals surface area contributed by atoms with Crippen molar-refractivity contribution in [1.82, 2.24) is 4.90 Å². The van der Waals surface area contributed by atoms with Crippen LogP contribution in [0.4, 0.5) is 0 Å². The zero-order valence-corrected chi connectivity index (χ0v) is 14.8. The number of nitrogens with zero attached hydrogens (tertiary/aromatic N) is 1. The molecular formula is C16H25GeNO. The molecular weight excluding hydrogens is 295 g/mol. The summed E-state index contributed by atoms with van der Waals surface area (Å²) in [5, 5.41) is 0. The molecule has 1 unspecified atom stereocenters. The van der Waals surface area contributed by atoms with Gasteiger partial charge in [-0.15, -0.1) is 0 Å². The van der Waals surface area contributed by atoms with Crippen LogP contribution < -0.4 is 0 Å². The topological polar surface area (TPSA) is 20.3 Å². The molecule has 1 aromatic rings. The SMILES string of the molecule is CC1(C)C[CH]([Ge]([CH3])([CH3])[CH3])C(=O)N1Cc1ccccc1. The number of hydrogen-bond acceptors (Lipinski definition) is 1. The molecule has 0 spiro atoms. The van der Waals surface area contributed by atoms with Gasteiger partial charge in [0.05, 0.1) is 0 Å². The first-order valence-corrected chi connectivity index (χ1v) is 14.6. The van der Waals surface area contributed by atoms with Gasteiger partial charge in [0.25, 0.3) is 0 Å². The van der Waals surface area contributed by atoms with Gasteiger partial charge in [0, 0.05) is 0 Å². The fourth-order valence-electron chi connectivity index (χ4n) is 2.92. The van der Waals surface area contributed by atoms with Crippen LogP contribution in [0, 0.1) is 0 Å². The molecule has 1 amide bonds. The van der Waals surface area contributed by atoms with Gasteiger partial charge in [-0.2, -0.15) is 0 Å². The Morgan fingerprint density at radius 3 is 2.26 bits per heavy atom. The number of benzene rings is 1. The zero-order chi connectivity index (χ0) is 14.3. The Morgan fingerprint density at radius 1 is 1.21 bits per heavy atom. The summed E-state index contributed by atoms with van der Waals surface area (Å²) < 4.78 is 0.318. The quantitative estimate of drug-likeness (QED) is 0.774. The van der Waals surface area contributed by atoms with Crippen molar-refractivity contribution in [1.29, 1.82) is 0 Å². The summed E-state index contributed by atoms with van der Waals surface area (Å²) in [6.07, 6.45) is 1.03. The predicted octanol–water partition coefficient (Wildman–Crippen LogP) is 3.91. The van der Waals surface area contributed by atoms with E-state index >= 15 is 0 Å². The molecule has 1 aliphatic heterocycles. The van der Waals surface area contributed by atoms with Gasteiger partial charge < -0.3 is 0 Å². The number of carbonyl (C=O) groups is 1. The van der Waals surface area contributed by atoms with Crippen LogP contribution in [-0.4, -0.2) is 29.6 Å². The molecule has 2 rings (SSSR count). The monoisotopic (exact) mass is 321 g/mol. The van der Waals surface area contributed by atoms with Crippen molar-refractivity contribution in [3.63, 3.8) is 0 Å². The van der Waals surface area contributed by atoms with E-state index in [1.807, 2.05) is 18.2 Å². The van der Waals surface area contributed by atoms with Crippen molar-refractivity contribution in [3.05, 3.63) is 35.9 Å². The van der Waals surface area contributed by atoms with Crippen LogP contribution >= 0.6 is 0 Å². The van der Waals surface area contributed by atoms with Gasteiger partial charge in [0.2, 0.25) is 0 Å². The first kappa shape index (κ1) is 14.6. The predicted molar refractivity (Wildman–Crippen MR) is 82.8 cm³/mol. The van der Waals surface area contributed by atoms with Crippen molar-refractivity contribution in [3.8, 4) is 0 Å². The Hall–Kier alpha value is -0.767. The number of rotatable bonds is 3. The molecule has 0 N–H and O–H groups in total. The standard InChI is InChI=1S/C16H25GeNO/c1-16(2)11-14(17(3,4)5)15(19)18(16)12-13-9-7-6-8-10-13/h6-10,14H,11-12H2,1-5H3. The Kier molecular flexibility index (Phi) is 3.83. The van der Waals surface area contributed by atoms with Crippen LogP contribution in [0.15, 0.2) is 30.3 Å². The molecule has 1 aromatic carbocycles. The first-order chi connectivity index (χ1) is 8.72. The fourth-order valence-corrected chi connectivity index (χ4v) is 7.13. The average Bonchev–Trinajstić information content (AvgIpc) is 2.54. The Bertz CT molecular complexity index is 461. The Balaban J connectivity index is 2.23. The third-order valence-electron chi connectivity index (χ3n) is 4.23. The maximum atomic E-state index is 12.7. The zero-order valence-electron chi connectivity index (χ0n) is 12.7. The van der Waals surface area contributed by atoms with Crippen LogP contribution in [0.25, 0.3) is 0 Å². The van der Waals surface area contributed by atoms with E-state index in [-0.39, 0.29) is 5.54 Å². The molecule has 1 fully saturated rings. The molecule has 0 saturated carbocycles. The maximum absolute atomic E-state index is 12.7. The van der Waals surface area contributed by atoms with E-state index in [0.717, 1.165) is 13.0 Å². The molecule has 104 valence electrons. The van der Waals surface area contributed by atoms with E-state index in [1.54, 1.807) is 0 Å². The molecule has 0 bridgehead atoms. The van der Waals surface area contributed by atoms with Crippen molar-refractivity contribution in [2.24, 2.45) is 0 Å². The summed E-state index contributed by atoms with van der Waals surface area (Å²) in [6, 6.07) is 10.3. The minimum absolute atomic E-state index is 0.00385. The fraction of sp³-hybridized carbons (Fsp3) is 0.562. The van der Waals surface area contributed by atoms with Crippen molar-refractivity contribution < 1.29 is 4.79 Å². The number of hydrogen-bond donors (Lipinski definition) is 0. The minimum atomic E-state index is -1.94. The Labute approximate surface area is 119 Å². The van der Waals surface area contributed by atoms with Crippen molar-refractivity contribution >= 4 is 19.2 Å². The summed E-state index contributed by atoms with van der Waals surface area (Å²) in [6.45, 7) is 5.17. The molecule has 3 heteroatoms. The third-order valence-corrected chi connectivity index (χ3v) is 9.56. The number of amides is 1. The molecule has 1 saturated heterocycles. The van der Waals surface area contributed by atoms with Gasteiger partial charge in [-0.25, -0.2) is 0 Å². The van der Waals surface area contributed by atoms with Gasteiger partial charge in [-0.05, 0) is 0 Å². The van der Waals surface area contributed by atoms with E-state index in [1.165, 1.54) is 5.56 Å². The summed E-state index contributed by atoms with van der Waals surface area (Å²) in [7, 11) is 0. The van der Waals surface area contributed by atoms with Gasteiger partial charge in [0.1, 0.15) is 0 Å². The molecule has 0 aromatic heterocycles. The van der Waals surface area contributed by atoms with E-state index in [9.17, 15) is 4.79 Å². The third kappa shape index (κ3) is 3.05. The summed E-state index contributed by atoms with van der Waals surface area (Å²) in [5.41, 5.74) is 1.22. The van der Waals surface area contributed by atoms with Crippen molar-refractivity contribution in [2.75, 3.05) is 0 Å². The summed E-state index contributed by atoms with van der Waals surface area (Å²) >= 11 is -1.94. The summed E-state index contributed by atoms with van der Waals surface area (Å²) in [5.74, 6) is 7.45. The first-order valence-electron chi connectivity index (χ1n) is 7.07. The van der Waals surface area contributed by atoms with Crippen molar-refractivity contribution in [2.45, 2.75) is 54.4 Å².